The van der Waals surface area contributed by atoms with Crippen LogP contribution in [-0.4, -0.2) is 29.3 Å². The quantitative estimate of drug-likeness (QED) is 0.395. The number of hydrogen-bond acceptors (Lipinski definition) is 5. The third-order valence-electron chi connectivity index (χ3n) is 2.77. The maximum absolute atomic E-state index is 12.0. The second-order valence-corrected chi connectivity index (χ2v) is 4.21. The zero-order valence-corrected chi connectivity index (χ0v) is 9.88. The Hall–Kier alpha value is -2.64. The third kappa shape index (κ3) is 2.79. The molecule has 4 N–H and O–H groups in total. The lowest BCUT2D eigenvalue weighted by atomic mass is 10.1. The zero-order chi connectivity index (χ0) is 14.0. The monoisotopic (exact) mass is 264 g/mol. The van der Waals surface area contributed by atoms with Crippen LogP contribution in [-0.2, 0) is 4.79 Å². The average molecular weight is 264 g/mol. The number of hydrogen-bond donors (Lipinski definition) is 3. The van der Waals surface area contributed by atoms with Gasteiger partial charge in [-0.25, -0.2) is 0 Å². The van der Waals surface area contributed by atoms with Crippen LogP contribution in [0.5, 0.6) is 0 Å². The largest absolute Gasteiger partial charge is 0.399 e. The van der Waals surface area contributed by atoms with Gasteiger partial charge >= 0.3 is 0 Å². The maximum atomic E-state index is 12.0. The maximum Gasteiger partial charge on any atom is 0.282 e. The highest BCUT2D eigenvalue weighted by molar-refractivity contribution is 5.99. The van der Waals surface area contributed by atoms with Crippen LogP contribution >= 0.6 is 0 Å². The molecule has 0 radical (unpaired) electrons. The van der Waals surface area contributed by atoms with Crippen molar-refractivity contribution in [2.24, 2.45) is 0 Å². The molecule has 1 aliphatic rings. The Morgan fingerprint density at radius 3 is 2.84 bits per heavy atom. The SMILES string of the molecule is Nc1ccc([N+](=O)[O-])c(C(=O)NC2CNC(=O)C2)c1. The molecule has 1 heterocycles. The van der Waals surface area contributed by atoms with Crippen LogP contribution in [0.3, 0.4) is 0 Å². The minimum atomic E-state index is -0.646. The molecule has 8 heteroatoms. The first-order valence-corrected chi connectivity index (χ1v) is 5.59. The molecule has 0 spiro atoms. The number of nitro groups is 1. The summed E-state index contributed by atoms with van der Waals surface area (Å²) in [7, 11) is 0. The van der Waals surface area contributed by atoms with Crippen molar-refractivity contribution >= 4 is 23.2 Å². The summed E-state index contributed by atoms with van der Waals surface area (Å²) in [4.78, 5) is 33.2. The van der Waals surface area contributed by atoms with Crippen LogP contribution in [0.1, 0.15) is 16.8 Å². The summed E-state index contributed by atoms with van der Waals surface area (Å²) < 4.78 is 0. The average Bonchev–Trinajstić information content (AvgIpc) is 2.74. The number of benzene rings is 1. The molecule has 0 saturated carbocycles. The number of anilines is 1. The van der Waals surface area contributed by atoms with Crippen LogP contribution in [0.2, 0.25) is 0 Å². The highest BCUT2D eigenvalue weighted by atomic mass is 16.6. The number of carbonyl (C=O) groups excluding carboxylic acids is 2. The lowest BCUT2D eigenvalue weighted by Gasteiger charge is -2.10. The minimum Gasteiger partial charge on any atom is -0.399 e. The summed E-state index contributed by atoms with van der Waals surface area (Å²) in [5.74, 6) is -0.770. The fourth-order valence-electron chi connectivity index (χ4n) is 1.87. The van der Waals surface area contributed by atoms with Crippen LogP contribution in [0.15, 0.2) is 18.2 Å². The van der Waals surface area contributed by atoms with Gasteiger partial charge in [0.1, 0.15) is 5.56 Å². The van der Waals surface area contributed by atoms with Gasteiger partial charge in [0.25, 0.3) is 11.6 Å². The highest BCUT2D eigenvalue weighted by Gasteiger charge is 2.26. The Balaban J connectivity index is 2.20. The van der Waals surface area contributed by atoms with Crippen LogP contribution in [0.4, 0.5) is 11.4 Å². The number of rotatable bonds is 3. The molecule has 1 fully saturated rings. The van der Waals surface area contributed by atoms with Crippen molar-refractivity contribution in [2.45, 2.75) is 12.5 Å². The van der Waals surface area contributed by atoms with E-state index in [2.05, 4.69) is 10.6 Å². The molecule has 1 atom stereocenters. The summed E-state index contributed by atoms with van der Waals surface area (Å²) in [5.41, 5.74) is 5.36. The first-order chi connectivity index (χ1) is 8.97. The number of nitrogens with zero attached hydrogens (tertiary/aromatic N) is 1. The Kier molecular flexibility index (Phi) is 3.32. The van der Waals surface area contributed by atoms with Crippen molar-refractivity contribution in [3.05, 3.63) is 33.9 Å². The summed E-state index contributed by atoms with van der Waals surface area (Å²) in [5, 5.41) is 16.0. The normalized spacial score (nSPS) is 17.9. The lowest BCUT2D eigenvalue weighted by Crippen LogP contribution is -2.36. The fourth-order valence-corrected chi connectivity index (χ4v) is 1.87. The van der Waals surface area contributed by atoms with E-state index in [1.807, 2.05) is 0 Å². The van der Waals surface area contributed by atoms with Gasteiger partial charge in [0.15, 0.2) is 0 Å². The second-order valence-electron chi connectivity index (χ2n) is 4.21. The van der Waals surface area contributed by atoms with Crippen molar-refractivity contribution in [3.63, 3.8) is 0 Å². The molecule has 1 saturated heterocycles. The van der Waals surface area contributed by atoms with Gasteiger partial charge in [0, 0.05) is 24.7 Å². The fraction of sp³-hybridized carbons (Fsp3) is 0.273. The van der Waals surface area contributed by atoms with Gasteiger partial charge in [-0.05, 0) is 12.1 Å². The molecule has 19 heavy (non-hydrogen) atoms. The third-order valence-corrected chi connectivity index (χ3v) is 2.77. The van der Waals surface area contributed by atoms with Crippen LogP contribution in [0, 0.1) is 10.1 Å². The van der Waals surface area contributed by atoms with E-state index in [0.29, 0.717) is 6.54 Å². The zero-order valence-electron chi connectivity index (χ0n) is 9.88. The van der Waals surface area contributed by atoms with Crippen molar-refractivity contribution < 1.29 is 14.5 Å². The van der Waals surface area contributed by atoms with E-state index in [1.165, 1.54) is 18.2 Å². The van der Waals surface area contributed by atoms with E-state index < -0.39 is 10.8 Å². The number of carbonyl (C=O) groups is 2. The topological polar surface area (TPSA) is 127 Å². The summed E-state index contributed by atoms with van der Waals surface area (Å²) >= 11 is 0. The van der Waals surface area contributed by atoms with Gasteiger partial charge < -0.3 is 16.4 Å². The molecule has 2 rings (SSSR count). The first-order valence-electron chi connectivity index (χ1n) is 5.59. The highest BCUT2D eigenvalue weighted by Crippen LogP contribution is 2.21. The Bertz CT molecular complexity index is 558. The Morgan fingerprint density at radius 2 is 2.26 bits per heavy atom. The molecule has 1 aliphatic heterocycles. The number of nitrogen functional groups attached to an aromatic ring is 1. The van der Waals surface area contributed by atoms with Crippen molar-refractivity contribution in [1.29, 1.82) is 0 Å². The number of nitrogens with two attached hydrogens (primary N) is 1. The van der Waals surface area contributed by atoms with Gasteiger partial charge in [0.2, 0.25) is 5.91 Å². The molecule has 0 aliphatic carbocycles. The lowest BCUT2D eigenvalue weighted by molar-refractivity contribution is -0.385. The summed E-state index contributed by atoms with van der Waals surface area (Å²) in [6.07, 6.45) is 0.169. The molecule has 100 valence electrons. The molecular weight excluding hydrogens is 252 g/mol. The van der Waals surface area contributed by atoms with Crippen LogP contribution in [0.25, 0.3) is 0 Å². The van der Waals surface area contributed by atoms with E-state index in [9.17, 15) is 19.7 Å². The molecule has 2 amide bonds. The van der Waals surface area contributed by atoms with E-state index in [4.69, 9.17) is 5.73 Å². The first kappa shape index (κ1) is 12.8. The number of nitro benzene ring substituents is 1. The number of amides is 2. The predicted molar refractivity (Wildman–Crippen MR) is 66.4 cm³/mol. The molecule has 0 bridgehead atoms. The Morgan fingerprint density at radius 1 is 1.53 bits per heavy atom. The molecule has 1 aromatic rings. The summed E-state index contributed by atoms with van der Waals surface area (Å²) in [6.45, 7) is 0.320. The van der Waals surface area contributed by atoms with Gasteiger partial charge in [0.05, 0.1) is 11.0 Å². The van der Waals surface area contributed by atoms with Crippen LogP contribution < -0.4 is 16.4 Å². The minimum absolute atomic E-state index is 0.107. The van der Waals surface area contributed by atoms with Crippen molar-refractivity contribution in [1.82, 2.24) is 10.6 Å². The van der Waals surface area contributed by atoms with Gasteiger partial charge in [-0.1, -0.05) is 0 Å². The van der Waals surface area contributed by atoms with Gasteiger partial charge in [-0.2, -0.15) is 0 Å². The smallest absolute Gasteiger partial charge is 0.282 e. The summed E-state index contributed by atoms with van der Waals surface area (Å²) in [6, 6.07) is 3.43. The number of nitrogens with one attached hydrogen (secondary N) is 2. The van der Waals surface area contributed by atoms with E-state index >= 15 is 0 Å². The molecule has 1 aromatic carbocycles. The molecule has 0 aromatic heterocycles. The van der Waals surface area contributed by atoms with Crippen molar-refractivity contribution in [3.8, 4) is 0 Å². The van der Waals surface area contributed by atoms with Crippen molar-refractivity contribution in [2.75, 3.05) is 12.3 Å². The molecule has 8 nitrogen and oxygen atoms in total. The van der Waals surface area contributed by atoms with E-state index in [0.717, 1.165) is 0 Å². The van der Waals surface area contributed by atoms with E-state index in [-0.39, 0.29) is 35.3 Å². The molecular formula is C11H12N4O4. The van der Waals surface area contributed by atoms with E-state index in [1.54, 1.807) is 0 Å². The van der Waals surface area contributed by atoms with Gasteiger partial charge in [-0.3, -0.25) is 19.7 Å². The Labute approximate surface area is 108 Å². The standard InChI is InChI=1S/C11H12N4O4/c12-6-1-2-9(15(18)19)8(3-6)11(17)14-7-4-10(16)13-5-7/h1-3,7H,4-5,12H2,(H,13,16)(H,14,17). The predicted octanol–water partition coefficient (Wildman–Crippen LogP) is -0.205. The molecule has 1 unspecified atom stereocenters. The second kappa shape index (κ2) is 4.92. The van der Waals surface area contributed by atoms with Gasteiger partial charge in [-0.15, -0.1) is 0 Å².